The Bertz CT molecular complexity index is 348. The van der Waals surface area contributed by atoms with Crippen LogP contribution in [0.5, 0.6) is 0 Å². The van der Waals surface area contributed by atoms with Gasteiger partial charge in [-0.05, 0) is 18.6 Å². The van der Waals surface area contributed by atoms with E-state index in [-0.39, 0.29) is 0 Å². The van der Waals surface area contributed by atoms with Gasteiger partial charge < -0.3 is 10.2 Å². The number of nitrogens with zero attached hydrogens (tertiary/aromatic N) is 1. The summed E-state index contributed by atoms with van der Waals surface area (Å²) in [6, 6.07) is 8.18. The molecular weight excluding hydrogens is 188 g/mol. The molecule has 1 aliphatic rings. The van der Waals surface area contributed by atoms with Gasteiger partial charge in [0.1, 0.15) is 0 Å². The molecule has 1 aromatic carbocycles. The van der Waals surface area contributed by atoms with Gasteiger partial charge in [-0.25, -0.2) is 0 Å². The number of nitrogens with two attached hydrogens (primary N) is 2. The summed E-state index contributed by atoms with van der Waals surface area (Å²) in [4.78, 5) is 2.07. The highest BCUT2D eigenvalue weighted by atomic mass is 15.4. The fourth-order valence-electron chi connectivity index (χ4n) is 1.99. The van der Waals surface area contributed by atoms with Crippen molar-refractivity contribution >= 4 is 5.69 Å². The second-order valence-corrected chi connectivity index (χ2v) is 4.11. The second-order valence-electron chi connectivity index (χ2n) is 4.11. The van der Waals surface area contributed by atoms with Gasteiger partial charge in [0.25, 0.3) is 0 Å². The van der Waals surface area contributed by atoms with Crippen LogP contribution < -0.4 is 21.7 Å². The zero-order chi connectivity index (χ0) is 10.9. The number of rotatable bonds is 1. The van der Waals surface area contributed by atoms with Crippen molar-refractivity contribution in [1.82, 2.24) is 5.32 Å². The van der Waals surface area contributed by atoms with E-state index in [1.165, 1.54) is 5.56 Å². The van der Waals surface area contributed by atoms with Crippen molar-refractivity contribution in [3.05, 3.63) is 29.8 Å². The van der Waals surface area contributed by atoms with E-state index in [1.807, 2.05) is 12.1 Å². The molecule has 0 aromatic heterocycles. The first-order valence-electron chi connectivity index (χ1n) is 5.23. The standard InChI is InChI=1S/C11H18N4/c1-9-4-2-3-5-10(9)15-7-6-14-8-11(15,12)13/h2-5,14H,6-8,12-13H2,1H3. The van der Waals surface area contributed by atoms with Crippen LogP contribution in [0.15, 0.2) is 24.3 Å². The van der Waals surface area contributed by atoms with Gasteiger partial charge in [0, 0.05) is 25.3 Å². The molecule has 0 bridgehead atoms. The lowest BCUT2D eigenvalue weighted by Gasteiger charge is -2.44. The highest BCUT2D eigenvalue weighted by Crippen LogP contribution is 2.23. The molecule has 15 heavy (non-hydrogen) atoms. The number of para-hydroxylation sites is 1. The third-order valence-corrected chi connectivity index (χ3v) is 2.83. The molecular formula is C11H18N4. The first kappa shape index (κ1) is 10.4. The lowest BCUT2D eigenvalue weighted by Crippen LogP contribution is -2.72. The topological polar surface area (TPSA) is 67.3 Å². The van der Waals surface area contributed by atoms with Crippen molar-refractivity contribution in [3.63, 3.8) is 0 Å². The number of anilines is 1. The number of hydrogen-bond acceptors (Lipinski definition) is 4. The van der Waals surface area contributed by atoms with E-state index in [9.17, 15) is 0 Å². The molecule has 1 aromatic rings. The molecule has 82 valence electrons. The van der Waals surface area contributed by atoms with E-state index >= 15 is 0 Å². The third kappa shape index (κ3) is 1.97. The Labute approximate surface area is 90.2 Å². The van der Waals surface area contributed by atoms with Crippen molar-refractivity contribution in [2.75, 3.05) is 24.5 Å². The molecule has 1 fully saturated rings. The van der Waals surface area contributed by atoms with E-state index in [1.54, 1.807) is 0 Å². The van der Waals surface area contributed by atoms with Crippen LogP contribution in [0.1, 0.15) is 5.56 Å². The molecule has 0 radical (unpaired) electrons. The summed E-state index contributed by atoms with van der Waals surface area (Å²) in [5.74, 6) is -0.787. The molecule has 4 nitrogen and oxygen atoms in total. The SMILES string of the molecule is Cc1ccccc1N1CCNCC1(N)N. The summed E-state index contributed by atoms with van der Waals surface area (Å²) >= 11 is 0. The summed E-state index contributed by atoms with van der Waals surface area (Å²) in [5.41, 5.74) is 14.5. The average molecular weight is 206 g/mol. The molecule has 2 rings (SSSR count). The molecule has 5 N–H and O–H groups in total. The van der Waals surface area contributed by atoms with E-state index in [4.69, 9.17) is 11.5 Å². The highest BCUT2D eigenvalue weighted by molar-refractivity contribution is 5.55. The van der Waals surface area contributed by atoms with Gasteiger partial charge in [0.05, 0.1) is 0 Å². The number of piperazine rings is 1. The molecule has 0 spiro atoms. The van der Waals surface area contributed by atoms with Crippen molar-refractivity contribution in [2.24, 2.45) is 11.5 Å². The van der Waals surface area contributed by atoms with Gasteiger partial charge in [0.15, 0.2) is 5.79 Å². The Kier molecular flexibility index (Phi) is 2.65. The van der Waals surface area contributed by atoms with Gasteiger partial charge in [-0.3, -0.25) is 11.5 Å². The molecule has 0 aliphatic carbocycles. The molecule has 1 aliphatic heterocycles. The minimum Gasteiger partial charge on any atom is -0.339 e. The molecule has 0 atom stereocenters. The number of aryl methyl sites for hydroxylation is 1. The summed E-state index contributed by atoms with van der Waals surface area (Å²) in [6.07, 6.45) is 0. The van der Waals surface area contributed by atoms with Crippen LogP contribution in [0.3, 0.4) is 0 Å². The van der Waals surface area contributed by atoms with Gasteiger partial charge in [0.2, 0.25) is 0 Å². The van der Waals surface area contributed by atoms with Crippen LogP contribution in [-0.2, 0) is 0 Å². The smallest absolute Gasteiger partial charge is 0.154 e. The zero-order valence-corrected chi connectivity index (χ0v) is 9.03. The molecule has 1 heterocycles. The summed E-state index contributed by atoms with van der Waals surface area (Å²) in [5, 5.41) is 3.20. The van der Waals surface area contributed by atoms with Gasteiger partial charge >= 0.3 is 0 Å². The Morgan fingerprint density at radius 3 is 2.73 bits per heavy atom. The molecule has 0 amide bonds. The van der Waals surface area contributed by atoms with Crippen molar-refractivity contribution in [2.45, 2.75) is 12.7 Å². The number of hydrogen-bond donors (Lipinski definition) is 3. The summed E-state index contributed by atoms with van der Waals surface area (Å²) in [6.45, 7) is 4.46. The summed E-state index contributed by atoms with van der Waals surface area (Å²) in [7, 11) is 0. The maximum Gasteiger partial charge on any atom is 0.154 e. The Morgan fingerprint density at radius 2 is 2.07 bits per heavy atom. The quantitative estimate of drug-likeness (QED) is 0.565. The third-order valence-electron chi connectivity index (χ3n) is 2.83. The molecule has 0 saturated carbocycles. The van der Waals surface area contributed by atoms with Crippen molar-refractivity contribution < 1.29 is 0 Å². The van der Waals surface area contributed by atoms with E-state index in [2.05, 4.69) is 29.3 Å². The van der Waals surface area contributed by atoms with E-state index < -0.39 is 5.79 Å². The first-order valence-corrected chi connectivity index (χ1v) is 5.23. The minimum absolute atomic E-state index is 0.612. The highest BCUT2D eigenvalue weighted by Gasteiger charge is 2.31. The van der Waals surface area contributed by atoms with Crippen LogP contribution in [-0.4, -0.2) is 25.4 Å². The predicted octanol–water partition coefficient (Wildman–Crippen LogP) is -0.0242. The summed E-state index contributed by atoms with van der Waals surface area (Å²) < 4.78 is 0. The second kappa shape index (κ2) is 3.81. The van der Waals surface area contributed by atoms with E-state index in [0.717, 1.165) is 18.8 Å². The monoisotopic (exact) mass is 206 g/mol. The van der Waals surface area contributed by atoms with Crippen LogP contribution in [0, 0.1) is 6.92 Å². The lowest BCUT2D eigenvalue weighted by atomic mass is 10.1. The normalized spacial score (nSPS) is 20.3. The van der Waals surface area contributed by atoms with Crippen LogP contribution >= 0.6 is 0 Å². The molecule has 1 saturated heterocycles. The van der Waals surface area contributed by atoms with Crippen molar-refractivity contribution in [1.29, 1.82) is 0 Å². The van der Waals surface area contributed by atoms with E-state index in [0.29, 0.717) is 6.54 Å². The van der Waals surface area contributed by atoms with Gasteiger partial charge in [-0.15, -0.1) is 0 Å². The molecule has 0 unspecified atom stereocenters. The Balaban J connectivity index is 2.33. The van der Waals surface area contributed by atoms with Gasteiger partial charge in [-0.1, -0.05) is 18.2 Å². The lowest BCUT2D eigenvalue weighted by molar-refractivity contribution is 0.345. The van der Waals surface area contributed by atoms with Crippen molar-refractivity contribution in [3.8, 4) is 0 Å². The van der Waals surface area contributed by atoms with Crippen LogP contribution in [0.2, 0.25) is 0 Å². The maximum absolute atomic E-state index is 6.06. The van der Waals surface area contributed by atoms with Crippen LogP contribution in [0.25, 0.3) is 0 Å². The predicted molar refractivity (Wildman–Crippen MR) is 62.5 cm³/mol. The Morgan fingerprint density at radius 1 is 1.33 bits per heavy atom. The minimum atomic E-state index is -0.787. The number of nitrogens with one attached hydrogen (secondary N) is 1. The average Bonchev–Trinajstić information content (AvgIpc) is 2.19. The Hall–Kier alpha value is -1.10. The largest absolute Gasteiger partial charge is 0.339 e. The van der Waals surface area contributed by atoms with Crippen LogP contribution in [0.4, 0.5) is 5.69 Å². The zero-order valence-electron chi connectivity index (χ0n) is 9.03. The number of benzene rings is 1. The first-order chi connectivity index (χ1) is 7.11. The molecule has 4 heteroatoms. The maximum atomic E-state index is 6.06. The fraction of sp³-hybridized carbons (Fsp3) is 0.455. The fourth-order valence-corrected chi connectivity index (χ4v) is 1.99. The van der Waals surface area contributed by atoms with Gasteiger partial charge in [-0.2, -0.15) is 0 Å².